The van der Waals surface area contributed by atoms with Gasteiger partial charge in [-0.05, 0) is 24.4 Å². The summed E-state index contributed by atoms with van der Waals surface area (Å²) in [7, 11) is 0. The van der Waals surface area contributed by atoms with Gasteiger partial charge in [-0.2, -0.15) is 0 Å². The van der Waals surface area contributed by atoms with Gasteiger partial charge >= 0.3 is 0 Å². The smallest absolute Gasteiger partial charge is 0.157 e. The minimum Gasteiger partial charge on any atom is -0.504 e. The van der Waals surface area contributed by atoms with Crippen LogP contribution < -0.4 is 0 Å². The van der Waals surface area contributed by atoms with Crippen molar-refractivity contribution in [2.24, 2.45) is 4.99 Å². The predicted octanol–water partition coefficient (Wildman–Crippen LogP) is 1.30. The van der Waals surface area contributed by atoms with E-state index in [9.17, 15) is 0 Å². The molecule has 0 aliphatic carbocycles. The van der Waals surface area contributed by atoms with Gasteiger partial charge in [0.1, 0.15) is 0 Å². The summed E-state index contributed by atoms with van der Waals surface area (Å²) >= 11 is 0. The molecule has 0 unspecified atom stereocenters. The molecule has 0 amide bonds. The third-order valence-corrected chi connectivity index (χ3v) is 1.33. The molecule has 2 N–H and O–H groups in total. The highest BCUT2D eigenvalue weighted by molar-refractivity contribution is 5.40. The van der Waals surface area contributed by atoms with Crippen LogP contribution in [0.1, 0.15) is 5.56 Å². The molecule has 0 fully saturated rings. The number of phenols is 2. The Kier molecular flexibility index (Phi) is 2.11. The van der Waals surface area contributed by atoms with Crippen molar-refractivity contribution in [3.05, 3.63) is 23.8 Å². The molecule has 0 saturated carbocycles. The summed E-state index contributed by atoms with van der Waals surface area (Å²) in [5.41, 5.74) is 0.829. The number of hydrogen-bond donors (Lipinski definition) is 2. The molecule has 0 radical (unpaired) electrons. The molecule has 0 aliphatic rings. The average molecular weight is 151 g/mol. The third kappa shape index (κ3) is 1.70. The predicted molar refractivity (Wildman–Crippen MR) is 43.0 cm³/mol. The largest absolute Gasteiger partial charge is 0.504 e. The Balaban J connectivity index is 2.95. The van der Waals surface area contributed by atoms with Crippen LogP contribution in [0.25, 0.3) is 0 Å². The van der Waals surface area contributed by atoms with Crippen LogP contribution in [0, 0.1) is 0 Å². The summed E-state index contributed by atoms with van der Waals surface area (Å²) in [6.07, 6.45) is 0. The van der Waals surface area contributed by atoms with Crippen molar-refractivity contribution >= 4 is 6.72 Å². The van der Waals surface area contributed by atoms with Gasteiger partial charge in [0.25, 0.3) is 0 Å². The third-order valence-electron chi connectivity index (χ3n) is 1.33. The van der Waals surface area contributed by atoms with Gasteiger partial charge in [-0.15, -0.1) is 0 Å². The van der Waals surface area contributed by atoms with Gasteiger partial charge < -0.3 is 10.2 Å². The fourth-order valence-electron chi connectivity index (χ4n) is 0.796. The molecule has 3 nitrogen and oxygen atoms in total. The fraction of sp³-hybridized carbons (Fsp3) is 0.125. The summed E-state index contributed by atoms with van der Waals surface area (Å²) in [6.45, 7) is 3.77. The number of phenolic OH excluding ortho intramolecular Hbond substituents is 2. The maximum atomic E-state index is 9.01. The van der Waals surface area contributed by atoms with Crippen molar-refractivity contribution in [1.82, 2.24) is 0 Å². The first-order valence-electron chi connectivity index (χ1n) is 3.17. The van der Waals surface area contributed by atoms with Crippen LogP contribution in [0.3, 0.4) is 0 Å². The molecule has 3 heteroatoms. The molecule has 0 bridgehead atoms. The van der Waals surface area contributed by atoms with Crippen molar-refractivity contribution in [2.45, 2.75) is 6.54 Å². The van der Waals surface area contributed by atoms with E-state index in [4.69, 9.17) is 10.2 Å². The second-order valence-corrected chi connectivity index (χ2v) is 2.20. The van der Waals surface area contributed by atoms with E-state index in [1.54, 1.807) is 6.07 Å². The van der Waals surface area contributed by atoms with Gasteiger partial charge in [0, 0.05) is 0 Å². The first kappa shape index (κ1) is 7.60. The number of aromatic hydroxyl groups is 2. The lowest BCUT2D eigenvalue weighted by Gasteiger charge is -1.99. The van der Waals surface area contributed by atoms with E-state index >= 15 is 0 Å². The highest BCUT2D eigenvalue weighted by atomic mass is 16.3. The van der Waals surface area contributed by atoms with Crippen LogP contribution in [0.5, 0.6) is 11.5 Å². The summed E-state index contributed by atoms with van der Waals surface area (Å²) < 4.78 is 0. The molecule has 1 aromatic rings. The van der Waals surface area contributed by atoms with E-state index in [0.29, 0.717) is 6.54 Å². The Morgan fingerprint density at radius 3 is 2.55 bits per heavy atom. The molecule has 0 saturated heterocycles. The van der Waals surface area contributed by atoms with Crippen molar-refractivity contribution in [2.75, 3.05) is 0 Å². The van der Waals surface area contributed by atoms with Gasteiger partial charge in [0.2, 0.25) is 0 Å². The Bertz CT molecular complexity index is 271. The van der Waals surface area contributed by atoms with Crippen molar-refractivity contribution in [1.29, 1.82) is 0 Å². The van der Waals surface area contributed by atoms with Crippen LogP contribution in [0.2, 0.25) is 0 Å². The maximum absolute atomic E-state index is 9.01. The molecule has 1 rings (SSSR count). The molecule has 0 spiro atoms. The van der Waals surface area contributed by atoms with E-state index in [2.05, 4.69) is 11.7 Å². The SMILES string of the molecule is C=NCc1ccc(O)c(O)c1. The van der Waals surface area contributed by atoms with Gasteiger partial charge in [0.15, 0.2) is 11.5 Å². The molecule has 0 aliphatic heterocycles. The first-order valence-corrected chi connectivity index (χ1v) is 3.17. The number of aliphatic imine (C=N–C) groups is 1. The Morgan fingerprint density at radius 2 is 2.00 bits per heavy atom. The summed E-state index contributed by atoms with van der Waals surface area (Å²) in [6, 6.07) is 4.57. The summed E-state index contributed by atoms with van der Waals surface area (Å²) in [4.78, 5) is 3.63. The number of nitrogens with zero attached hydrogens (tertiary/aromatic N) is 1. The van der Waals surface area contributed by atoms with E-state index in [0.717, 1.165) is 5.56 Å². The fourth-order valence-corrected chi connectivity index (χ4v) is 0.796. The minimum atomic E-state index is -0.119. The first-order chi connectivity index (χ1) is 5.24. The lowest BCUT2D eigenvalue weighted by atomic mass is 10.2. The number of rotatable bonds is 2. The summed E-state index contributed by atoms with van der Waals surface area (Å²) in [5, 5.41) is 17.9. The monoisotopic (exact) mass is 151 g/mol. The van der Waals surface area contributed by atoms with Crippen LogP contribution >= 0.6 is 0 Å². The zero-order valence-corrected chi connectivity index (χ0v) is 5.99. The van der Waals surface area contributed by atoms with E-state index in [-0.39, 0.29) is 11.5 Å². The van der Waals surface area contributed by atoms with Crippen molar-refractivity contribution < 1.29 is 10.2 Å². The Morgan fingerprint density at radius 1 is 1.27 bits per heavy atom. The van der Waals surface area contributed by atoms with Crippen LogP contribution in [-0.2, 0) is 6.54 Å². The molecular formula is C8H9NO2. The van der Waals surface area contributed by atoms with Crippen LogP contribution in [0.15, 0.2) is 23.2 Å². The quantitative estimate of drug-likeness (QED) is 0.494. The van der Waals surface area contributed by atoms with Crippen LogP contribution in [-0.4, -0.2) is 16.9 Å². The molecule has 58 valence electrons. The second kappa shape index (κ2) is 3.05. The normalized spacial score (nSPS) is 9.45. The van der Waals surface area contributed by atoms with Gasteiger partial charge in [-0.25, -0.2) is 0 Å². The van der Waals surface area contributed by atoms with Gasteiger partial charge in [-0.1, -0.05) is 6.07 Å². The van der Waals surface area contributed by atoms with Crippen LogP contribution in [0.4, 0.5) is 0 Å². The van der Waals surface area contributed by atoms with Crippen molar-refractivity contribution in [3.8, 4) is 11.5 Å². The molecule has 0 heterocycles. The van der Waals surface area contributed by atoms with Crippen molar-refractivity contribution in [3.63, 3.8) is 0 Å². The number of hydrogen-bond acceptors (Lipinski definition) is 3. The molecule has 0 aromatic heterocycles. The highest BCUT2D eigenvalue weighted by Crippen LogP contribution is 2.24. The average Bonchev–Trinajstić information content (AvgIpc) is 1.98. The maximum Gasteiger partial charge on any atom is 0.157 e. The zero-order valence-electron chi connectivity index (χ0n) is 5.99. The minimum absolute atomic E-state index is 0.113. The molecule has 0 atom stereocenters. The van der Waals surface area contributed by atoms with Gasteiger partial charge in [0.05, 0.1) is 6.54 Å². The summed E-state index contributed by atoms with van der Waals surface area (Å²) in [5.74, 6) is -0.232. The molecule has 1 aromatic carbocycles. The highest BCUT2D eigenvalue weighted by Gasteiger charge is 1.98. The van der Waals surface area contributed by atoms with E-state index in [1.165, 1.54) is 12.1 Å². The zero-order chi connectivity index (χ0) is 8.27. The Labute approximate surface area is 64.6 Å². The molecule has 11 heavy (non-hydrogen) atoms. The Hall–Kier alpha value is -1.51. The topological polar surface area (TPSA) is 52.8 Å². The lowest BCUT2D eigenvalue weighted by Crippen LogP contribution is -1.79. The van der Waals surface area contributed by atoms with E-state index in [1.807, 2.05) is 0 Å². The standard InChI is InChI=1S/C8H9NO2/c1-9-5-6-2-3-7(10)8(11)4-6/h2-4,10-11H,1,5H2. The van der Waals surface area contributed by atoms with E-state index < -0.39 is 0 Å². The second-order valence-electron chi connectivity index (χ2n) is 2.20. The van der Waals surface area contributed by atoms with Gasteiger partial charge in [-0.3, -0.25) is 4.99 Å². The lowest BCUT2D eigenvalue weighted by molar-refractivity contribution is 0.403. The number of benzene rings is 1. The molecular weight excluding hydrogens is 142 g/mol.